The molecule has 1 aliphatic heterocycles. The molecular weight excluding hydrogens is 462 g/mol. The summed E-state index contributed by atoms with van der Waals surface area (Å²) in [5, 5.41) is 7.52. The summed E-state index contributed by atoms with van der Waals surface area (Å²) in [5.41, 5.74) is 1.29. The van der Waals surface area contributed by atoms with Crippen LogP contribution in [0.5, 0.6) is 11.6 Å². The zero-order valence-electron chi connectivity index (χ0n) is 19.6. The van der Waals surface area contributed by atoms with E-state index in [9.17, 15) is 8.42 Å². The van der Waals surface area contributed by atoms with Gasteiger partial charge in [0.1, 0.15) is 18.2 Å². The standard InChI is InChI=1S/C21H27N7O5S/c1-12-8-22-19(23-9-12)13(2)14(3)34(29,30)27-21-26-25-20-18-16(6-7-17(24-18)32-5)33-11-15(10-31-4)28(20)21/h6-9,13-15H,10-11H2,1-5H3,(H,26,27)/t13-,14-,15-/m0/s1. The first-order valence-corrected chi connectivity index (χ1v) is 12.2. The first kappa shape index (κ1) is 23.8. The van der Waals surface area contributed by atoms with Crippen LogP contribution in [0.2, 0.25) is 0 Å². The molecule has 3 atom stereocenters. The molecule has 0 spiro atoms. The van der Waals surface area contributed by atoms with Crippen LogP contribution in [0.3, 0.4) is 0 Å². The maximum absolute atomic E-state index is 13.3. The predicted molar refractivity (Wildman–Crippen MR) is 123 cm³/mol. The number of rotatable bonds is 8. The summed E-state index contributed by atoms with van der Waals surface area (Å²) in [7, 11) is -0.836. The van der Waals surface area contributed by atoms with Crippen molar-refractivity contribution in [1.29, 1.82) is 0 Å². The van der Waals surface area contributed by atoms with Gasteiger partial charge in [-0.15, -0.1) is 10.2 Å². The Bertz CT molecular complexity index is 1260. The van der Waals surface area contributed by atoms with E-state index in [0.29, 0.717) is 29.0 Å². The van der Waals surface area contributed by atoms with Crippen molar-refractivity contribution in [3.8, 4) is 23.1 Å². The molecule has 12 nitrogen and oxygen atoms in total. The lowest BCUT2D eigenvalue weighted by Crippen LogP contribution is -2.32. The minimum atomic E-state index is -3.89. The quantitative estimate of drug-likeness (QED) is 0.499. The Balaban J connectivity index is 1.70. The van der Waals surface area contributed by atoms with E-state index >= 15 is 0 Å². The molecule has 4 rings (SSSR count). The first-order chi connectivity index (χ1) is 16.2. The number of nitrogens with zero attached hydrogens (tertiary/aromatic N) is 6. The highest BCUT2D eigenvalue weighted by atomic mass is 32.2. The summed E-state index contributed by atoms with van der Waals surface area (Å²) >= 11 is 0. The molecule has 0 amide bonds. The number of aromatic nitrogens is 6. The fourth-order valence-electron chi connectivity index (χ4n) is 3.60. The van der Waals surface area contributed by atoms with Gasteiger partial charge in [0.2, 0.25) is 21.9 Å². The number of hydrogen-bond acceptors (Lipinski definition) is 10. The molecule has 3 aromatic rings. The van der Waals surface area contributed by atoms with Crippen molar-refractivity contribution in [3.05, 3.63) is 35.9 Å². The highest BCUT2D eigenvalue weighted by molar-refractivity contribution is 7.93. The smallest absolute Gasteiger partial charge is 0.239 e. The van der Waals surface area contributed by atoms with Gasteiger partial charge in [0.15, 0.2) is 11.5 Å². The number of methoxy groups -OCH3 is 2. The molecule has 0 fully saturated rings. The van der Waals surface area contributed by atoms with Crippen LogP contribution in [0.25, 0.3) is 11.5 Å². The van der Waals surface area contributed by atoms with Gasteiger partial charge in [-0.1, -0.05) is 6.92 Å². The van der Waals surface area contributed by atoms with Gasteiger partial charge in [-0.05, 0) is 25.5 Å². The minimum Gasteiger partial charge on any atom is -0.489 e. The van der Waals surface area contributed by atoms with E-state index in [1.165, 1.54) is 7.11 Å². The third-order valence-electron chi connectivity index (χ3n) is 5.74. The van der Waals surface area contributed by atoms with E-state index in [4.69, 9.17) is 14.2 Å². The van der Waals surface area contributed by atoms with Crippen LogP contribution < -0.4 is 14.2 Å². The van der Waals surface area contributed by atoms with Crippen molar-refractivity contribution in [2.24, 2.45) is 0 Å². The van der Waals surface area contributed by atoms with E-state index in [0.717, 1.165) is 5.56 Å². The second kappa shape index (κ2) is 9.50. The molecule has 3 aromatic heterocycles. The van der Waals surface area contributed by atoms with Gasteiger partial charge in [0, 0.05) is 31.5 Å². The van der Waals surface area contributed by atoms with E-state index < -0.39 is 27.2 Å². The van der Waals surface area contributed by atoms with Crippen molar-refractivity contribution in [2.45, 2.75) is 38.0 Å². The van der Waals surface area contributed by atoms with Crippen molar-refractivity contribution < 1.29 is 22.6 Å². The summed E-state index contributed by atoms with van der Waals surface area (Å²) in [6.07, 6.45) is 3.33. The zero-order valence-corrected chi connectivity index (χ0v) is 20.4. The van der Waals surface area contributed by atoms with Crippen LogP contribution in [0.15, 0.2) is 24.5 Å². The lowest BCUT2D eigenvalue weighted by atomic mass is 10.1. The average Bonchev–Trinajstić information content (AvgIpc) is 3.16. The topological polar surface area (TPSA) is 143 Å². The summed E-state index contributed by atoms with van der Waals surface area (Å²) < 4.78 is 47.4. The summed E-state index contributed by atoms with van der Waals surface area (Å²) in [4.78, 5) is 13.0. The van der Waals surface area contributed by atoms with Gasteiger partial charge >= 0.3 is 0 Å². The summed E-state index contributed by atoms with van der Waals surface area (Å²) in [6.45, 7) is 5.70. The van der Waals surface area contributed by atoms with Crippen molar-refractivity contribution in [1.82, 2.24) is 29.7 Å². The molecule has 13 heteroatoms. The highest BCUT2D eigenvalue weighted by Gasteiger charge is 2.34. The van der Waals surface area contributed by atoms with Crippen LogP contribution in [-0.2, 0) is 14.8 Å². The molecule has 0 aliphatic carbocycles. The molecule has 0 saturated heterocycles. The number of pyridine rings is 1. The normalized spacial score (nSPS) is 17.0. The molecule has 0 aromatic carbocycles. The maximum atomic E-state index is 13.3. The van der Waals surface area contributed by atoms with Gasteiger partial charge in [-0.25, -0.2) is 23.4 Å². The second-order valence-corrected chi connectivity index (χ2v) is 10.1. The monoisotopic (exact) mass is 489 g/mol. The number of sulfonamides is 1. The Morgan fingerprint density at radius 2 is 1.94 bits per heavy atom. The number of nitrogens with one attached hydrogen (secondary N) is 1. The molecule has 0 unspecified atom stereocenters. The third kappa shape index (κ3) is 4.53. The highest BCUT2D eigenvalue weighted by Crippen LogP contribution is 2.36. The Morgan fingerprint density at radius 1 is 1.21 bits per heavy atom. The summed E-state index contributed by atoms with van der Waals surface area (Å²) in [5.74, 6) is 1.22. The fourth-order valence-corrected chi connectivity index (χ4v) is 4.84. The van der Waals surface area contributed by atoms with Crippen LogP contribution in [0, 0.1) is 6.92 Å². The Labute approximate surface area is 197 Å². The van der Waals surface area contributed by atoms with Crippen molar-refractivity contribution >= 4 is 16.0 Å². The number of anilines is 1. The van der Waals surface area contributed by atoms with E-state index in [1.54, 1.807) is 50.1 Å². The molecule has 0 radical (unpaired) electrons. The van der Waals surface area contributed by atoms with E-state index in [2.05, 4.69) is 29.9 Å². The maximum Gasteiger partial charge on any atom is 0.239 e. The third-order valence-corrected chi connectivity index (χ3v) is 7.59. The number of ether oxygens (including phenoxy) is 3. The largest absolute Gasteiger partial charge is 0.489 e. The average molecular weight is 490 g/mol. The fraction of sp³-hybridized carbons (Fsp3) is 0.476. The minimum absolute atomic E-state index is 0.0435. The number of hydrogen-bond donors (Lipinski definition) is 1. The predicted octanol–water partition coefficient (Wildman–Crippen LogP) is 1.96. The summed E-state index contributed by atoms with van der Waals surface area (Å²) in [6, 6.07) is 3.00. The Morgan fingerprint density at radius 3 is 2.62 bits per heavy atom. The molecule has 182 valence electrons. The lowest BCUT2D eigenvalue weighted by molar-refractivity contribution is 0.126. The molecule has 0 saturated carbocycles. The molecule has 1 N–H and O–H groups in total. The number of fused-ring (bicyclic) bond motifs is 3. The Hall–Kier alpha value is -3.32. The van der Waals surface area contributed by atoms with Gasteiger partial charge in [0.25, 0.3) is 0 Å². The first-order valence-electron chi connectivity index (χ1n) is 10.7. The Kier molecular flexibility index (Phi) is 6.66. The van der Waals surface area contributed by atoms with Crippen LogP contribution in [-0.4, -0.2) is 70.8 Å². The molecular formula is C21H27N7O5S. The lowest BCUT2D eigenvalue weighted by Gasteiger charge is -2.22. The van der Waals surface area contributed by atoms with Crippen LogP contribution in [0.4, 0.5) is 5.95 Å². The van der Waals surface area contributed by atoms with Gasteiger partial charge in [-0.3, -0.25) is 9.29 Å². The van der Waals surface area contributed by atoms with E-state index in [1.807, 2.05) is 6.92 Å². The van der Waals surface area contributed by atoms with Gasteiger partial charge in [-0.2, -0.15) is 0 Å². The van der Waals surface area contributed by atoms with Crippen molar-refractivity contribution in [2.75, 3.05) is 32.2 Å². The second-order valence-electron chi connectivity index (χ2n) is 8.10. The van der Waals surface area contributed by atoms with Crippen LogP contribution in [0.1, 0.15) is 37.2 Å². The molecule has 0 bridgehead atoms. The van der Waals surface area contributed by atoms with Gasteiger partial charge < -0.3 is 14.2 Å². The van der Waals surface area contributed by atoms with Crippen molar-refractivity contribution in [3.63, 3.8) is 0 Å². The van der Waals surface area contributed by atoms with Crippen LogP contribution >= 0.6 is 0 Å². The number of aryl methyl sites for hydroxylation is 1. The molecule has 4 heterocycles. The SMILES string of the molecule is COC[C@H]1COc2ccc(OC)nc2-c2nnc(NS(=O)(=O)[C@@H](C)[C@H](C)c3ncc(C)cn3)n21. The van der Waals surface area contributed by atoms with E-state index in [-0.39, 0.29) is 19.2 Å². The zero-order chi connectivity index (χ0) is 24.5. The van der Waals surface area contributed by atoms with Gasteiger partial charge in [0.05, 0.1) is 25.0 Å². The molecule has 1 aliphatic rings. The molecule has 34 heavy (non-hydrogen) atoms.